The predicted molar refractivity (Wildman–Crippen MR) is 127 cm³/mol. The molecule has 0 saturated heterocycles. The van der Waals surface area contributed by atoms with Crippen molar-refractivity contribution in [2.24, 2.45) is 20.5 Å². The molecule has 3 rings (SSSR count). The molecule has 8 nitrogen and oxygen atoms in total. The minimum Gasteiger partial charge on any atom is -0.464 e. The van der Waals surface area contributed by atoms with Crippen molar-refractivity contribution in [2.75, 3.05) is 24.6 Å². The van der Waals surface area contributed by atoms with Gasteiger partial charge in [0.2, 0.25) is 0 Å². The molecule has 0 heterocycles. The van der Waals surface area contributed by atoms with E-state index < -0.39 is 0 Å². The fourth-order valence-corrected chi connectivity index (χ4v) is 2.90. The lowest BCUT2D eigenvalue weighted by atomic mass is 10.2. The van der Waals surface area contributed by atoms with Crippen LogP contribution in [0.3, 0.4) is 0 Å². The van der Waals surface area contributed by atoms with Gasteiger partial charge in [0, 0.05) is 19.2 Å². The van der Waals surface area contributed by atoms with Gasteiger partial charge in [-0.25, -0.2) is 0 Å². The average molecular weight is 441 g/mol. The number of benzene rings is 3. The zero-order chi connectivity index (χ0) is 23.3. The molecule has 0 aliphatic rings. The van der Waals surface area contributed by atoms with E-state index in [9.17, 15) is 4.79 Å². The second-order valence-corrected chi connectivity index (χ2v) is 7.00. The van der Waals surface area contributed by atoms with Crippen molar-refractivity contribution in [1.29, 1.82) is 5.26 Å². The lowest BCUT2D eigenvalue weighted by Crippen LogP contribution is -2.28. The van der Waals surface area contributed by atoms with E-state index in [1.807, 2.05) is 83.8 Å². The Morgan fingerprint density at radius 2 is 1.27 bits per heavy atom. The number of hydrogen-bond acceptors (Lipinski definition) is 8. The van der Waals surface area contributed by atoms with E-state index in [4.69, 9.17) is 10.00 Å². The molecule has 0 amide bonds. The van der Waals surface area contributed by atoms with Crippen LogP contribution in [-0.4, -0.2) is 25.7 Å². The first-order valence-corrected chi connectivity index (χ1v) is 10.5. The molecule has 0 spiro atoms. The summed E-state index contributed by atoms with van der Waals surface area (Å²) in [5.41, 5.74) is 3.85. The second-order valence-electron chi connectivity index (χ2n) is 7.00. The number of anilines is 1. The van der Waals surface area contributed by atoms with E-state index in [2.05, 4.69) is 26.5 Å². The number of esters is 1. The van der Waals surface area contributed by atoms with Gasteiger partial charge in [0.1, 0.15) is 6.61 Å². The van der Waals surface area contributed by atoms with E-state index in [-0.39, 0.29) is 12.6 Å². The maximum absolute atomic E-state index is 11.0. The van der Waals surface area contributed by atoms with Crippen LogP contribution in [0.25, 0.3) is 0 Å². The molecule has 3 aromatic carbocycles. The number of azo groups is 2. The molecular weight excluding hydrogens is 416 g/mol. The highest BCUT2D eigenvalue weighted by molar-refractivity contribution is 5.66. The fourth-order valence-electron chi connectivity index (χ4n) is 2.90. The van der Waals surface area contributed by atoms with Gasteiger partial charge in [0.05, 0.1) is 41.8 Å². The first kappa shape index (κ1) is 23.3. The Kier molecular flexibility index (Phi) is 8.80. The molecule has 33 heavy (non-hydrogen) atoms. The third kappa shape index (κ3) is 7.99. The minimum atomic E-state index is -0.321. The van der Waals surface area contributed by atoms with Crippen molar-refractivity contribution in [3.05, 3.63) is 78.9 Å². The van der Waals surface area contributed by atoms with Crippen LogP contribution in [0.4, 0.5) is 28.4 Å². The summed E-state index contributed by atoms with van der Waals surface area (Å²) in [5.74, 6) is -0.321. The van der Waals surface area contributed by atoms with E-state index in [0.717, 1.165) is 17.1 Å². The first-order valence-electron chi connectivity index (χ1n) is 10.5. The zero-order valence-corrected chi connectivity index (χ0v) is 18.3. The number of carbonyl (C=O) groups is 1. The SMILES string of the molecule is CC(=O)OCCN(CCC#N)c1ccc(N=Nc2ccc(N=Nc3ccccc3)cc2)cc1. The summed E-state index contributed by atoms with van der Waals surface area (Å²) >= 11 is 0. The third-order valence-electron chi connectivity index (χ3n) is 4.54. The van der Waals surface area contributed by atoms with Crippen LogP contribution in [-0.2, 0) is 9.53 Å². The molecule has 0 radical (unpaired) electrons. The summed E-state index contributed by atoms with van der Waals surface area (Å²) in [7, 11) is 0. The number of carbonyl (C=O) groups excluding carboxylic acids is 1. The zero-order valence-electron chi connectivity index (χ0n) is 18.3. The number of nitriles is 1. The Bertz CT molecular complexity index is 1120. The van der Waals surface area contributed by atoms with Crippen molar-refractivity contribution >= 4 is 34.4 Å². The molecule has 0 atom stereocenters. The van der Waals surface area contributed by atoms with Gasteiger partial charge in [-0.2, -0.15) is 25.7 Å². The highest BCUT2D eigenvalue weighted by atomic mass is 16.5. The summed E-state index contributed by atoms with van der Waals surface area (Å²) in [6.45, 7) is 2.70. The van der Waals surface area contributed by atoms with Crippen LogP contribution in [0.1, 0.15) is 13.3 Å². The van der Waals surface area contributed by atoms with Gasteiger partial charge in [-0.05, 0) is 60.7 Å². The summed E-state index contributed by atoms with van der Waals surface area (Å²) in [5, 5.41) is 25.8. The molecule has 0 fully saturated rings. The fraction of sp³-hybridized carbons (Fsp3) is 0.200. The van der Waals surface area contributed by atoms with E-state index in [1.54, 1.807) is 0 Å². The quantitative estimate of drug-likeness (QED) is 0.255. The highest BCUT2D eigenvalue weighted by Crippen LogP contribution is 2.25. The molecule has 0 unspecified atom stereocenters. The number of ether oxygens (including phenoxy) is 1. The third-order valence-corrected chi connectivity index (χ3v) is 4.54. The Morgan fingerprint density at radius 3 is 1.76 bits per heavy atom. The highest BCUT2D eigenvalue weighted by Gasteiger charge is 2.07. The molecule has 0 aromatic heterocycles. The molecule has 0 aliphatic carbocycles. The number of hydrogen-bond donors (Lipinski definition) is 0. The standard InChI is InChI=1S/C25H24N6O2/c1-20(32)33-19-18-31(17-5-16-26)25-14-12-24(13-15-25)30-29-23-10-8-22(9-11-23)28-27-21-6-3-2-4-7-21/h2-4,6-15H,5,17-19H2,1H3. The molecule has 166 valence electrons. The number of nitrogens with zero attached hydrogens (tertiary/aromatic N) is 6. The topological polar surface area (TPSA) is 103 Å². The maximum atomic E-state index is 11.0. The van der Waals surface area contributed by atoms with E-state index in [0.29, 0.717) is 30.9 Å². The van der Waals surface area contributed by atoms with Gasteiger partial charge in [0.15, 0.2) is 0 Å². The molecule has 8 heteroatoms. The van der Waals surface area contributed by atoms with Gasteiger partial charge in [-0.15, -0.1) is 0 Å². The van der Waals surface area contributed by atoms with Crippen LogP contribution in [0.5, 0.6) is 0 Å². The van der Waals surface area contributed by atoms with Crippen molar-refractivity contribution in [1.82, 2.24) is 0 Å². The van der Waals surface area contributed by atoms with Crippen LogP contribution >= 0.6 is 0 Å². The molecule has 0 saturated carbocycles. The van der Waals surface area contributed by atoms with Crippen LogP contribution in [0.15, 0.2) is 99.3 Å². The Morgan fingerprint density at radius 1 is 0.788 bits per heavy atom. The summed E-state index contributed by atoms with van der Waals surface area (Å²) in [4.78, 5) is 13.0. The molecule has 0 N–H and O–H groups in total. The van der Waals surface area contributed by atoms with Crippen LogP contribution in [0.2, 0.25) is 0 Å². The minimum absolute atomic E-state index is 0.267. The van der Waals surface area contributed by atoms with Crippen molar-refractivity contribution in [3.8, 4) is 6.07 Å². The Hall–Kier alpha value is -4.38. The second kappa shape index (κ2) is 12.5. The lowest BCUT2D eigenvalue weighted by Gasteiger charge is -2.23. The summed E-state index contributed by atoms with van der Waals surface area (Å²) < 4.78 is 5.02. The lowest BCUT2D eigenvalue weighted by molar-refractivity contribution is -0.140. The van der Waals surface area contributed by atoms with Gasteiger partial charge < -0.3 is 9.64 Å². The van der Waals surface area contributed by atoms with Gasteiger partial charge in [-0.1, -0.05) is 18.2 Å². The smallest absolute Gasteiger partial charge is 0.302 e. The molecular formula is C25H24N6O2. The van der Waals surface area contributed by atoms with Gasteiger partial charge >= 0.3 is 5.97 Å². The van der Waals surface area contributed by atoms with Crippen molar-refractivity contribution in [2.45, 2.75) is 13.3 Å². The largest absolute Gasteiger partial charge is 0.464 e. The van der Waals surface area contributed by atoms with Crippen molar-refractivity contribution in [3.63, 3.8) is 0 Å². The Labute approximate surface area is 192 Å². The van der Waals surface area contributed by atoms with E-state index in [1.165, 1.54) is 6.92 Å². The van der Waals surface area contributed by atoms with Crippen LogP contribution in [0, 0.1) is 11.3 Å². The summed E-state index contributed by atoms with van der Waals surface area (Å²) in [6, 6.07) is 26.5. The predicted octanol–water partition coefficient (Wildman–Crippen LogP) is 6.80. The Balaban J connectivity index is 1.59. The normalized spacial score (nSPS) is 10.9. The monoisotopic (exact) mass is 440 g/mol. The summed E-state index contributed by atoms with van der Waals surface area (Å²) in [6.07, 6.45) is 0.377. The number of rotatable bonds is 10. The first-order chi connectivity index (χ1) is 16.1. The van der Waals surface area contributed by atoms with Gasteiger partial charge in [-0.3, -0.25) is 4.79 Å². The molecule has 0 bridgehead atoms. The average Bonchev–Trinajstić information content (AvgIpc) is 2.85. The van der Waals surface area contributed by atoms with Gasteiger partial charge in [0.25, 0.3) is 0 Å². The van der Waals surface area contributed by atoms with Crippen molar-refractivity contribution < 1.29 is 9.53 Å². The maximum Gasteiger partial charge on any atom is 0.302 e. The molecule has 0 aliphatic heterocycles. The van der Waals surface area contributed by atoms with E-state index >= 15 is 0 Å². The molecule has 3 aromatic rings. The van der Waals surface area contributed by atoms with Crippen LogP contribution < -0.4 is 4.90 Å².